The zero-order chi connectivity index (χ0) is 17.2. The van der Waals surface area contributed by atoms with Crippen molar-refractivity contribution in [2.24, 2.45) is 5.92 Å². The van der Waals surface area contributed by atoms with Gasteiger partial charge < -0.3 is 19.5 Å². The van der Waals surface area contributed by atoms with Crippen LogP contribution in [0.4, 0.5) is 0 Å². The van der Waals surface area contributed by atoms with Gasteiger partial charge in [-0.15, -0.1) is 0 Å². The van der Waals surface area contributed by atoms with E-state index in [1.807, 2.05) is 6.08 Å². The summed E-state index contributed by atoms with van der Waals surface area (Å²) in [6, 6.07) is 4.81. The average Bonchev–Trinajstić information content (AvgIpc) is 2.96. The van der Waals surface area contributed by atoms with Gasteiger partial charge >= 0.3 is 0 Å². The van der Waals surface area contributed by atoms with E-state index >= 15 is 0 Å². The van der Waals surface area contributed by atoms with Crippen LogP contribution in [0.1, 0.15) is 37.3 Å². The third-order valence-corrected chi connectivity index (χ3v) is 6.89. The van der Waals surface area contributed by atoms with E-state index in [0.29, 0.717) is 12.0 Å². The van der Waals surface area contributed by atoms with Gasteiger partial charge in [0.15, 0.2) is 11.5 Å². The fourth-order valence-corrected chi connectivity index (χ4v) is 5.67. The number of benzene rings is 1. The molecule has 25 heavy (non-hydrogen) atoms. The van der Waals surface area contributed by atoms with Crippen LogP contribution in [0.15, 0.2) is 24.3 Å². The van der Waals surface area contributed by atoms with Gasteiger partial charge in [0.05, 0.1) is 6.61 Å². The molecule has 2 aliphatic heterocycles. The van der Waals surface area contributed by atoms with Crippen molar-refractivity contribution in [1.82, 2.24) is 4.90 Å². The third kappa shape index (κ3) is 1.95. The van der Waals surface area contributed by atoms with E-state index < -0.39 is 6.10 Å². The number of unbranched alkanes of at least 4 members (excludes halogenated alkanes) is 1. The Balaban J connectivity index is 1.66. The first-order valence-electron chi connectivity index (χ1n) is 9.69. The van der Waals surface area contributed by atoms with Crippen LogP contribution >= 0.6 is 0 Å². The Kier molecular flexibility index (Phi) is 3.45. The maximum Gasteiger partial charge on any atom is 0.165 e. The highest BCUT2D eigenvalue weighted by Crippen LogP contribution is 2.62. The molecule has 0 saturated carbocycles. The molecule has 0 aromatic heterocycles. The van der Waals surface area contributed by atoms with Gasteiger partial charge in [0.2, 0.25) is 0 Å². The minimum absolute atomic E-state index is 0.0849. The maximum absolute atomic E-state index is 10.7. The molecule has 1 spiro atoms. The Bertz CT molecular complexity index is 730. The number of likely N-dealkylation sites (N-methyl/N-ethyl adjacent to an activating group) is 1. The van der Waals surface area contributed by atoms with Gasteiger partial charge in [0.1, 0.15) is 12.2 Å². The third-order valence-electron chi connectivity index (χ3n) is 6.89. The summed E-state index contributed by atoms with van der Waals surface area (Å²) in [6.45, 7) is 3.95. The van der Waals surface area contributed by atoms with E-state index in [4.69, 9.17) is 9.47 Å². The van der Waals surface area contributed by atoms with Gasteiger partial charge in [-0.3, -0.25) is 0 Å². The number of aliphatic hydroxyl groups is 1. The summed E-state index contributed by atoms with van der Waals surface area (Å²) >= 11 is 0. The van der Waals surface area contributed by atoms with Crippen LogP contribution in [0.25, 0.3) is 0 Å². The highest BCUT2D eigenvalue weighted by atomic mass is 16.5. The van der Waals surface area contributed by atoms with E-state index in [0.717, 1.165) is 50.3 Å². The SMILES string of the molecule is CCCCOc1ccc2c3c1O[C@H]1[C@@H](O)C=C[C@H]4[C@@H](C2)N(C)CC[C@@]341. The molecular weight excluding hydrogens is 314 g/mol. The van der Waals surface area contributed by atoms with E-state index in [9.17, 15) is 5.11 Å². The van der Waals surface area contributed by atoms with Crippen LogP contribution in [0.3, 0.4) is 0 Å². The quantitative estimate of drug-likeness (QED) is 0.675. The molecule has 1 saturated heterocycles. The van der Waals surface area contributed by atoms with E-state index in [1.165, 1.54) is 11.1 Å². The van der Waals surface area contributed by atoms with Gasteiger partial charge in [-0.2, -0.15) is 0 Å². The number of ether oxygens (including phenoxy) is 2. The molecule has 1 fully saturated rings. The molecule has 134 valence electrons. The molecule has 1 N–H and O–H groups in total. The smallest absolute Gasteiger partial charge is 0.165 e. The van der Waals surface area contributed by atoms with Crippen molar-refractivity contribution in [3.63, 3.8) is 0 Å². The van der Waals surface area contributed by atoms with Crippen LogP contribution < -0.4 is 9.47 Å². The van der Waals surface area contributed by atoms with E-state index in [2.05, 4.69) is 37.1 Å². The summed E-state index contributed by atoms with van der Waals surface area (Å²) in [5.74, 6) is 2.19. The summed E-state index contributed by atoms with van der Waals surface area (Å²) in [7, 11) is 2.23. The predicted octanol–water partition coefficient (Wildman–Crippen LogP) is 2.67. The van der Waals surface area contributed by atoms with Crippen LogP contribution in [0, 0.1) is 5.92 Å². The van der Waals surface area contributed by atoms with Gasteiger partial charge in [-0.25, -0.2) is 0 Å². The average molecular weight is 341 g/mol. The molecule has 4 nitrogen and oxygen atoms in total. The standard InChI is InChI=1S/C21H27NO3/c1-3-4-11-24-17-8-5-13-12-15-14-6-7-16(23)20-21(14,9-10-22(15)2)18(13)19(17)25-20/h5-8,14-16,20,23H,3-4,9-12H2,1-2H3/t14-,15+,16-,20-,21-/m0/s1. The number of nitrogens with zero attached hydrogens (tertiary/aromatic N) is 1. The topological polar surface area (TPSA) is 41.9 Å². The van der Waals surface area contributed by atoms with Gasteiger partial charge in [0, 0.05) is 22.9 Å². The highest BCUT2D eigenvalue weighted by molar-refractivity contribution is 5.62. The minimum atomic E-state index is -0.540. The van der Waals surface area contributed by atoms with Gasteiger partial charge in [-0.05, 0) is 44.5 Å². The maximum atomic E-state index is 10.7. The Morgan fingerprint density at radius 2 is 2.24 bits per heavy atom. The zero-order valence-electron chi connectivity index (χ0n) is 15.1. The molecule has 0 unspecified atom stereocenters. The number of piperidine rings is 1. The second-order valence-corrected chi connectivity index (χ2v) is 8.11. The van der Waals surface area contributed by atoms with Crippen molar-refractivity contribution in [1.29, 1.82) is 0 Å². The number of likely N-dealkylation sites (tertiary alicyclic amines) is 1. The normalized spacial score (nSPS) is 37.6. The second-order valence-electron chi connectivity index (χ2n) is 8.11. The lowest BCUT2D eigenvalue weighted by Gasteiger charge is -2.56. The lowest BCUT2D eigenvalue weighted by Crippen LogP contribution is -2.64. The molecule has 5 atom stereocenters. The Morgan fingerprint density at radius 1 is 1.36 bits per heavy atom. The molecule has 5 rings (SSSR count). The van der Waals surface area contributed by atoms with Crippen LogP contribution in [-0.4, -0.2) is 48.5 Å². The van der Waals surface area contributed by atoms with Crippen LogP contribution in [0.2, 0.25) is 0 Å². The highest BCUT2D eigenvalue weighted by Gasteiger charge is 2.64. The lowest BCUT2D eigenvalue weighted by molar-refractivity contribution is -0.0454. The Labute approximate surface area is 149 Å². The number of aliphatic hydroxyl groups excluding tert-OH is 1. The summed E-state index contributed by atoms with van der Waals surface area (Å²) in [5.41, 5.74) is 2.64. The zero-order valence-corrected chi connectivity index (χ0v) is 15.1. The van der Waals surface area contributed by atoms with Crippen molar-refractivity contribution in [3.05, 3.63) is 35.4 Å². The number of rotatable bonds is 4. The minimum Gasteiger partial charge on any atom is -0.490 e. The first-order valence-corrected chi connectivity index (χ1v) is 9.69. The molecule has 2 aliphatic carbocycles. The predicted molar refractivity (Wildman–Crippen MR) is 96.3 cm³/mol. The van der Waals surface area contributed by atoms with Crippen molar-refractivity contribution in [3.8, 4) is 11.5 Å². The molecule has 0 amide bonds. The van der Waals surface area contributed by atoms with Crippen molar-refractivity contribution in [2.75, 3.05) is 20.2 Å². The molecular formula is C21H27NO3. The fraction of sp³-hybridized carbons (Fsp3) is 0.619. The summed E-state index contributed by atoms with van der Waals surface area (Å²) in [4.78, 5) is 2.49. The fourth-order valence-electron chi connectivity index (χ4n) is 5.67. The van der Waals surface area contributed by atoms with Crippen LogP contribution in [-0.2, 0) is 11.8 Å². The molecule has 2 heterocycles. The van der Waals surface area contributed by atoms with E-state index in [1.54, 1.807) is 0 Å². The summed E-state index contributed by atoms with van der Waals surface area (Å²) < 4.78 is 12.5. The second kappa shape index (κ2) is 5.49. The summed E-state index contributed by atoms with van der Waals surface area (Å²) in [6.07, 6.45) is 7.75. The molecule has 1 aromatic rings. The first kappa shape index (κ1) is 15.7. The lowest BCUT2D eigenvalue weighted by atomic mass is 9.53. The molecule has 4 aliphatic rings. The van der Waals surface area contributed by atoms with Gasteiger partial charge in [-0.1, -0.05) is 31.6 Å². The van der Waals surface area contributed by atoms with Crippen molar-refractivity contribution in [2.45, 2.75) is 56.3 Å². The molecule has 2 bridgehead atoms. The number of hydrogen-bond donors (Lipinski definition) is 1. The van der Waals surface area contributed by atoms with Crippen molar-refractivity contribution < 1.29 is 14.6 Å². The molecule has 0 radical (unpaired) electrons. The Morgan fingerprint density at radius 3 is 3.08 bits per heavy atom. The molecule has 1 aromatic carbocycles. The largest absolute Gasteiger partial charge is 0.490 e. The molecule has 4 heteroatoms. The van der Waals surface area contributed by atoms with E-state index in [-0.39, 0.29) is 11.5 Å². The van der Waals surface area contributed by atoms with Crippen molar-refractivity contribution >= 4 is 0 Å². The number of hydrogen-bond acceptors (Lipinski definition) is 4. The Hall–Kier alpha value is -1.52. The summed E-state index contributed by atoms with van der Waals surface area (Å²) in [5, 5.41) is 10.7. The van der Waals surface area contributed by atoms with Gasteiger partial charge in [0.25, 0.3) is 0 Å². The van der Waals surface area contributed by atoms with Crippen LogP contribution in [0.5, 0.6) is 11.5 Å². The monoisotopic (exact) mass is 341 g/mol. The first-order chi connectivity index (χ1) is 12.2.